The minimum Gasteiger partial charge on any atom is -0.388 e. The molecule has 1 saturated carbocycles. The van der Waals surface area contributed by atoms with E-state index in [4.69, 9.17) is 0 Å². The van der Waals surface area contributed by atoms with Gasteiger partial charge in [-0.1, -0.05) is 37.6 Å². The number of rotatable bonds is 5. The van der Waals surface area contributed by atoms with Crippen molar-refractivity contribution >= 4 is 5.91 Å². The standard InChI is InChI=1S/C18H27NO2/c1-3-15-8-10-18(21,11-9-15)13-19-17(20)12-16-7-5-4-6-14(16)2/h4-7,15,21H,3,8-13H2,1-2H3,(H,19,20). The Kier molecular flexibility index (Phi) is 5.40. The minimum atomic E-state index is -0.701. The van der Waals surface area contributed by atoms with E-state index in [2.05, 4.69) is 12.2 Å². The Hall–Kier alpha value is -1.35. The molecule has 1 amide bonds. The zero-order valence-corrected chi connectivity index (χ0v) is 13.2. The van der Waals surface area contributed by atoms with Crippen LogP contribution in [0.5, 0.6) is 0 Å². The van der Waals surface area contributed by atoms with Gasteiger partial charge in [0.2, 0.25) is 5.91 Å². The van der Waals surface area contributed by atoms with Crippen LogP contribution >= 0.6 is 0 Å². The van der Waals surface area contributed by atoms with Crippen LogP contribution in [0.15, 0.2) is 24.3 Å². The smallest absolute Gasteiger partial charge is 0.224 e. The topological polar surface area (TPSA) is 49.3 Å². The number of amides is 1. The molecule has 0 atom stereocenters. The van der Waals surface area contributed by atoms with Crippen LogP contribution in [-0.4, -0.2) is 23.2 Å². The van der Waals surface area contributed by atoms with E-state index in [1.807, 2.05) is 31.2 Å². The van der Waals surface area contributed by atoms with Gasteiger partial charge in [0.1, 0.15) is 0 Å². The normalized spacial score (nSPS) is 25.6. The average molecular weight is 289 g/mol. The molecule has 1 aromatic carbocycles. The molecule has 0 radical (unpaired) electrons. The summed E-state index contributed by atoms with van der Waals surface area (Å²) in [4.78, 5) is 12.0. The fraction of sp³-hybridized carbons (Fsp3) is 0.611. The molecule has 1 aliphatic rings. The first kappa shape index (κ1) is 16.0. The molecular formula is C18H27NO2. The van der Waals surface area contributed by atoms with Crippen molar-refractivity contribution < 1.29 is 9.90 Å². The maximum atomic E-state index is 12.0. The molecular weight excluding hydrogens is 262 g/mol. The number of hydrogen-bond donors (Lipinski definition) is 2. The number of benzene rings is 1. The molecule has 0 spiro atoms. The van der Waals surface area contributed by atoms with Crippen LogP contribution < -0.4 is 5.32 Å². The molecule has 0 bridgehead atoms. The van der Waals surface area contributed by atoms with E-state index in [-0.39, 0.29) is 5.91 Å². The quantitative estimate of drug-likeness (QED) is 0.875. The SMILES string of the molecule is CCC1CCC(O)(CNC(=O)Cc2ccccc2C)CC1. The van der Waals surface area contributed by atoms with Crippen molar-refractivity contribution in [3.05, 3.63) is 35.4 Å². The summed E-state index contributed by atoms with van der Waals surface area (Å²) >= 11 is 0. The summed E-state index contributed by atoms with van der Waals surface area (Å²) in [6.45, 7) is 4.61. The first-order chi connectivity index (χ1) is 10.0. The monoisotopic (exact) mass is 289 g/mol. The third-order valence-electron chi connectivity index (χ3n) is 4.84. The van der Waals surface area contributed by atoms with Gasteiger partial charge in [-0.2, -0.15) is 0 Å². The van der Waals surface area contributed by atoms with Gasteiger partial charge in [-0.15, -0.1) is 0 Å². The number of nitrogens with one attached hydrogen (secondary N) is 1. The first-order valence-corrected chi connectivity index (χ1v) is 8.06. The van der Waals surface area contributed by atoms with E-state index in [1.165, 1.54) is 6.42 Å². The molecule has 2 N–H and O–H groups in total. The van der Waals surface area contributed by atoms with Gasteiger partial charge in [-0.3, -0.25) is 4.79 Å². The van der Waals surface area contributed by atoms with Crippen molar-refractivity contribution in [2.24, 2.45) is 5.92 Å². The van der Waals surface area contributed by atoms with Crippen LogP contribution in [0.1, 0.15) is 50.2 Å². The summed E-state index contributed by atoms with van der Waals surface area (Å²) in [6.07, 6.45) is 5.32. The van der Waals surface area contributed by atoms with Crippen molar-refractivity contribution in [1.29, 1.82) is 0 Å². The predicted molar refractivity (Wildman–Crippen MR) is 85.1 cm³/mol. The van der Waals surface area contributed by atoms with Gasteiger partial charge in [-0.25, -0.2) is 0 Å². The number of hydrogen-bond acceptors (Lipinski definition) is 2. The zero-order valence-electron chi connectivity index (χ0n) is 13.2. The van der Waals surface area contributed by atoms with E-state index in [9.17, 15) is 9.90 Å². The van der Waals surface area contributed by atoms with E-state index < -0.39 is 5.60 Å². The fourth-order valence-electron chi connectivity index (χ4n) is 3.11. The molecule has 0 saturated heterocycles. The lowest BCUT2D eigenvalue weighted by molar-refractivity contribution is -0.122. The van der Waals surface area contributed by atoms with Crippen molar-refractivity contribution in [2.45, 2.75) is 58.0 Å². The second kappa shape index (κ2) is 7.08. The zero-order chi connectivity index (χ0) is 15.3. The summed E-state index contributed by atoms with van der Waals surface area (Å²) in [6, 6.07) is 7.93. The second-order valence-corrected chi connectivity index (χ2v) is 6.46. The summed E-state index contributed by atoms with van der Waals surface area (Å²) in [5, 5.41) is 13.5. The lowest BCUT2D eigenvalue weighted by atomic mass is 9.78. The Balaban J connectivity index is 1.80. The molecule has 1 aliphatic carbocycles. The lowest BCUT2D eigenvalue weighted by Crippen LogP contribution is -2.45. The summed E-state index contributed by atoms with van der Waals surface area (Å²) < 4.78 is 0. The van der Waals surface area contributed by atoms with E-state index in [1.54, 1.807) is 0 Å². The highest BCUT2D eigenvalue weighted by Crippen LogP contribution is 2.33. The summed E-state index contributed by atoms with van der Waals surface area (Å²) in [5.74, 6) is 0.739. The molecule has 1 fully saturated rings. The van der Waals surface area contributed by atoms with Crippen LogP contribution in [0.2, 0.25) is 0 Å². The van der Waals surface area contributed by atoms with Gasteiger partial charge >= 0.3 is 0 Å². The highest BCUT2D eigenvalue weighted by molar-refractivity contribution is 5.79. The number of carbonyl (C=O) groups excluding carboxylic acids is 1. The van der Waals surface area contributed by atoms with Crippen molar-refractivity contribution in [2.75, 3.05) is 6.54 Å². The van der Waals surface area contributed by atoms with Crippen LogP contribution in [0.4, 0.5) is 0 Å². The van der Waals surface area contributed by atoms with Gasteiger partial charge in [0.05, 0.1) is 12.0 Å². The van der Waals surface area contributed by atoms with Crippen LogP contribution in [-0.2, 0) is 11.2 Å². The maximum Gasteiger partial charge on any atom is 0.224 e. The van der Waals surface area contributed by atoms with E-state index >= 15 is 0 Å². The van der Waals surface area contributed by atoms with Crippen molar-refractivity contribution in [3.63, 3.8) is 0 Å². The Morgan fingerprint density at radius 2 is 2.00 bits per heavy atom. The molecule has 0 unspecified atom stereocenters. The van der Waals surface area contributed by atoms with Crippen molar-refractivity contribution in [1.82, 2.24) is 5.32 Å². The van der Waals surface area contributed by atoms with E-state index in [0.29, 0.717) is 13.0 Å². The van der Waals surface area contributed by atoms with Crippen molar-refractivity contribution in [3.8, 4) is 0 Å². The molecule has 3 nitrogen and oxygen atoms in total. The number of aliphatic hydroxyl groups is 1. The van der Waals surface area contributed by atoms with Gasteiger partial charge in [0.15, 0.2) is 0 Å². The maximum absolute atomic E-state index is 12.0. The first-order valence-electron chi connectivity index (χ1n) is 8.06. The third-order valence-corrected chi connectivity index (χ3v) is 4.84. The Bertz CT molecular complexity index is 476. The highest BCUT2D eigenvalue weighted by Gasteiger charge is 2.32. The molecule has 1 aromatic rings. The minimum absolute atomic E-state index is 0.00431. The highest BCUT2D eigenvalue weighted by atomic mass is 16.3. The average Bonchev–Trinajstić information content (AvgIpc) is 2.49. The van der Waals surface area contributed by atoms with Crippen LogP contribution in [0.3, 0.4) is 0 Å². The lowest BCUT2D eigenvalue weighted by Gasteiger charge is -2.35. The molecule has 0 aromatic heterocycles. The summed E-state index contributed by atoms with van der Waals surface area (Å²) in [5.41, 5.74) is 1.49. The molecule has 2 rings (SSSR count). The van der Waals surface area contributed by atoms with Crippen LogP contribution in [0, 0.1) is 12.8 Å². The molecule has 3 heteroatoms. The number of aryl methyl sites for hydroxylation is 1. The third kappa shape index (κ3) is 4.57. The van der Waals surface area contributed by atoms with Gasteiger partial charge in [0, 0.05) is 6.54 Å². The fourth-order valence-corrected chi connectivity index (χ4v) is 3.11. The Labute approximate surface area is 127 Å². The number of carbonyl (C=O) groups is 1. The summed E-state index contributed by atoms with van der Waals surface area (Å²) in [7, 11) is 0. The van der Waals surface area contributed by atoms with Gasteiger partial charge < -0.3 is 10.4 Å². The molecule has 21 heavy (non-hydrogen) atoms. The van der Waals surface area contributed by atoms with Gasteiger partial charge in [-0.05, 0) is 49.7 Å². The van der Waals surface area contributed by atoms with Crippen LogP contribution in [0.25, 0.3) is 0 Å². The van der Waals surface area contributed by atoms with E-state index in [0.717, 1.165) is 42.7 Å². The molecule has 0 aliphatic heterocycles. The Morgan fingerprint density at radius 3 is 2.62 bits per heavy atom. The Morgan fingerprint density at radius 1 is 1.33 bits per heavy atom. The molecule has 116 valence electrons. The van der Waals surface area contributed by atoms with Gasteiger partial charge in [0.25, 0.3) is 0 Å². The molecule has 0 heterocycles. The second-order valence-electron chi connectivity index (χ2n) is 6.46. The predicted octanol–water partition coefficient (Wildman–Crippen LogP) is 2.99. The largest absolute Gasteiger partial charge is 0.388 e.